The largest absolute Gasteiger partial charge is 0.343 e. The number of nitrogens with one attached hydrogen (secondary N) is 1. The normalized spacial score (nSPS) is 16.1. The highest BCUT2D eigenvalue weighted by molar-refractivity contribution is 5.76. The van der Waals surface area contributed by atoms with Gasteiger partial charge >= 0.3 is 0 Å². The molecule has 0 saturated carbocycles. The van der Waals surface area contributed by atoms with E-state index in [0.29, 0.717) is 18.2 Å². The van der Waals surface area contributed by atoms with Gasteiger partial charge in [0.25, 0.3) is 0 Å². The molecule has 0 aliphatic carbocycles. The van der Waals surface area contributed by atoms with Crippen molar-refractivity contribution >= 4 is 5.91 Å². The number of piperidine rings is 1. The van der Waals surface area contributed by atoms with Crippen LogP contribution >= 0.6 is 0 Å². The zero-order valence-electron chi connectivity index (χ0n) is 12.8. The number of H-pyrrole nitrogens is 1. The second kappa shape index (κ2) is 7.24. The number of amides is 1. The minimum atomic E-state index is 0.296. The van der Waals surface area contributed by atoms with Gasteiger partial charge in [-0.2, -0.15) is 5.10 Å². The lowest BCUT2D eigenvalue weighted by Gasteiger charge is -2.32. The first-order chi connectivity index (χ1) is 10.8. The highest BCUT2D eigenvalue weighted by Crippen LogP contribution is 2.20. The summed E-state index contributed by atoms with van der Waals surface area (Å²) in [7, 11) is 0. The molecule has 0 bridgehead atoms. The Labute approximate surface area is 130 Å². The molecule has 1 saturated heterocycles. The molecular weight excluding hydrogens is 278 g/mol. The van der Waals surface area contributed by atoms with Crippen LogP contribution in [0.4, 0.5) is 0 Å². The number of hydrogen-bond donors (Lipinski definition) is 1. The number of carbonyl (C=O) groups is 1. The number of hydrogen-bond acceptors (Lipinski definition) is 3. The summed E-state index contributed by atoms with van der Waals surface area (Å²) in [6.45, 7) is 2.80. The van der Waals surface area contributed by atoms with Crippen LogP contribution in [0.2, 0.25) is 0 Å². The lowest BCUT2D eigenvalue weighted by molar-refractivity contribution is -0.132. The van der Waals surface area contributed by atoms with Crippen molar-refractivity contribution in [3.05, 3.63) is 36.7 Å². The van der Waals surface area contributed by atoms with Crippen molar-refractivity contribution in [3.63, 3.8) is 0 Å². The van der Waals surface area contributed by atoms with Crippen LogP contribution in [0, 0.1) is 5.92 Å². The van der Waals surface area contributed by atoms with E-state index in [1.165, 1.54) is 5.56 Å². The van der Waals surface area contributed by atoms with E-state index in [1.54, 1.807) is 0 Å². The van der Waals surface area contributed by atoms with Crippen molar-refractivity contribution < 1.29 is 4.79 Å². The Morgan fingerprint density at radius 2 is 2.23 bits per heavy atom. The van der Waals surface area contributed by atoms with E-state index < -0.39 is 0 Å². The number of aryl methyl sites for hydroxylation is 1. The Balaban J connectivity index is 1.36. The quantitative estimate of drug-likeness (QED) is 0.885. The number of likely N-dealkylation sites (tertiary alicyclic amines) is 1. The zero-order valence-corrected chi connectivity index (χ0v) is 12.8. The molecule has 1 fully saturated rings. The molecule has 6 nitrogen and oxygen atoms in total. The highest BCUT2D eigenvalue weighted by Gasteiger charge is 2.22. The van der Waals surface area contributed by atoms with E-state index in [2.05, 4.69) is 19.7 Å². The number of nitrogens with zero attached hydrogens (tertiary/aromatic N) is 4. The molecular formula is C16H23N5O. The van der Waals surface area contributed by atoms with Gasteiger partial charge in [-0.15, -0.1) is 0 Å². The van der Waals surface area contributed by atoms with Gasteiger partial charge in [-0.1, -0.05) is 0 Å². The second-order valence-electron chi connectivity index (χ2n) is 6.04. The monoisotopic (exact) mass is 301 g/mol. The van der Waals surface area contributed by atoms with Crippen LogP contribution in [0.1, 0.15) is 31.2 Å². The van der Waals surface area contributed by atoms with Crippen LogP contribution in [-0.2, 0) is 17.8 Å². The molecule has 3 rings (SSSR count). The first kappa shape index (κ1) is 14.8. The predicted molar refractivity (Wildman–Crippen MR) is 83.1 cm³/mol. The fourth-order valence-corrected chi connectivity index (χ4v) is 3.07. The Hall–Kier alpha value is -2.11. The topological polar surface area (TPSA) is 66.8 Å². The number of aromatic nitrogens is 4. The van der Waals surface area contributed by atoms with E-state index in [9.17, 15) is 4.79 Å². The van der Waals surface area contributed by atoms with E-state index in [1.807, 2.05) is 36.0 Å². The van der Waals surface area contributed by atoms with Gasteiger partial charge < -0.3 is 9.47 Å². The molecule has 118 valence electrons. The van der Waals surface area contributed by atoms with Gasteiger partial charge in [0.15, 0.2) is 0 Å². The standard InChI is InChI=1S/C16H23N5O/c22-16(3-1-2-15-10-18-19-11-15)21-7-4-14(5-8-21)12-20-9-6-17-13-20/h6,9-11,13-14H,1-5,7-8,12H2,(H,18,19). The third-order valence-electron chi connectivity index (χ3n) is 4.41. The number of carbonyl (C=O) groups excluding carboxylic acids is 1. The van der Waals surface area contributed by atoms with E-state index in [0.717, 1.165) is 45.3 Å². The van der Waals surface area contributed by atoms with Gasteiger partial charge in [0.05, 0.1) is 12.5 Å². The van der Waals surface area contributed by atoms with Crippen LogP contribution in [0.3, 0.4) is 0 Å². The first-order valence-corrected chi connectivity index (χ1v) is 8.02. The molecule has 0 spiro atoms. The Bertz CT molecular complexity index is 555. The van der Waals surface area contributed by atoms with Gasteiger partial charge in [0.1, 0.15) is 0 Å². The zero-order chi connectivity index (χ0) is 15.2. The van der Waals surface area contributed by atoms with Gasteiger partial charge in [0, 0.05) is 44.6 Å². The molecule has 1 N–H and O–H groups in total. The minimum absolute atomic E-state index is 0.296. The van der Waals surface area contributed by atoms with Crippen LogP contribution < -0.4 is 0 Å². The maximum absolute atomic E-state index is 12.2. The maximum Gasteiger partial charge on any atom is 0.222 e. The van der Waals surface area contributed by atoms with Crippen LogP contribution in [-0.4, -0.2) is 43.6 Å². The van der Waals surface area contributed by atoms with Crippen molar-refractivity contribution in [2.45, 2.75) is 38.6 Å². The second-order valence-corrected chi connectivity index (χ2v) is 6.04. The lowest BCUT2D eigenvalue weighted by Crippen LogP contribution is -2.39. The summed E-state index contributed by atoms with van der Waals surface area (Å²) >= 11 is 0. The molecule has 6 heteroatoms. The molecule has 1 amide bonds. The predicted octanol–water partition coefficient (Wildman–Crippen LogP) is 1.87. The van der Waals surface area contributed by atoms with Gasteiger partial charge in [-0.25, -0.2) is 4.98 Å². The smallest absolute Gasteiger partial charge is 0.222 e. The molecule has 0 radical (unpaired) electrons. The van der Waals surface area contributed by atoms with E-state index in [4.69, 9.17) is 0 Å². The maximum atomic E-state index is 12.2. The van der Waals surface area contributed by atoms with E-state index >= 15 is 0 Å². The summed E-state index contributed by atoms with van der Waals surface area (Å²) in [5.74, 6) is 0.953. The summed E-state index contributed by atoms with van der Waals surface area (Å²) in [5, 5.41) is 6.72. The SMILES string of the molecule is O=C(CCCc1cn[nH]c1)N1CCC(Cn2ccnc2)CC1. The summed E-state index contributed by atoms with van der Waals surface area (Å²) in [5.41, 5.74) is 1.17. The minimum Gasteiger partial charge on any atom is -0.343 e. The molecule has 22 heavy (non-hydrogen) atoms. The van der Waals surface area contributed by atoms with E-state index in [-0.39, 0.29) is 0 Å². The average molecular weight is 301 g/mol. The first-order valence-electron chi connectivity index (χ1n) is 8.02. The number of aromatic amines is 1. The summed E-state index contributed by atoms with van der Waals surface area (Å²) in [6, 6.07) is 0. The molecule has 1 aliphatic heterocycles. The Morgan fingerprint density at radius 3 is 2.91 bits per heavy atom. The van der Waals surface area contributed by atoms with Crippen molar-refractivity contribution in [2.75, 3.05) is 13.1 Å². The summed E-state index contributed by atoms with van der Waals surface area (Å²) in [6.07, 6.45) is 14.0. The summed E-state index contributed by atoms with van der Waals surface area (Å²) in [4.78, 5) is 18.3. The van der Waals surface area contributed by atoms with Gasteiger partial charge in [-0.05, 0) is 37.2 Å². The Kier molecular flexibility index (Phi) is 4.88. The fourth-order valence-electron chi connectivity index (χ4n) is 3.07. The fraction of sp³-hybridized carbons (Fsp3) is 0.562. The van der Waals surface area contributed by atoms with Gasteiger partial charge in [-0.3, -0.25) is 9.89 Å². The Morgan fingerprint density at radius 1 is 1.36 bits per heavy atom. The third kappa shape index (κ3) is 3.96. The molecule has 2 aromatic rings. The van der Waals surface area contributed by atoms with Gasteiger partial charge in [0.2, 0.25) is 5.91 Å². The van der Waals surface area contributed by atoms with Crippen molar-refractivity contribution in [2.24, 2.45) is 5.92 Å². The molecule has 0 unspecified atom stereocenters. The third-order valence-corrected chi connectivity index (χ3v) is 4.41. The molecule has 2 aromatic heterocycles. The molecule has 1 aliphatic rings. The molecule has 0 atom stereocenters. The number of imidazole rings is 1. The number of rotatable bonds is 6. The molecule has 3 heterocycles. The van der Waals surface area contributed by atoms with Crippen molar-refractivity contribution in [1.29, 1.82) is 0 Å². The highest BCUT2D eigenvalue weighted by atomic mass is 16.2. The average Bonchev–Trinajstić information content (AvgIpc) is 3.21. The van der Waals surface area contributed by atoms with Crippen molar-refractivity contribution in [3.8, 4) is 0 Å². The van der Waals surface area contributed by atoms with Crippen molar-refractivity contribution in [1.82, 2.24) is 24.6 Å². The summed E-state index contributed by atoms with van der Waals surface area (Å²) < 4.78 is 2.13. The lowest BCUT2D eigenvalue weighted by atomic mass is 9.96. The van der Waals surface area contributed by atoms with Crippen LogP contribution in [0.5, 0.6) is 0 Å². The van der Waals surface area contributed by atoms with Crippen LogP contribution in [0.15, 0.2) is 31.1 Å². The molecule has 0 aromatic carbocycles. The van der Waals surface area contributed by atoms with Crippen LogP contribution in [0.25, 0.3) is 0 Å².